The zero-order valence-electron chi connectivity index (χ0n) is 7.12. The zero-order valence-corrected chi connectivity index (χ0v) is 7.12. The van der Waals surface area contributed by atoms with Gasteiger partial charge in [0.25, 0.3) is 0 Å². The van der Waals surface area contributed by atoms with Crippen LogP contribution >= 0.6 is 0 Å². The maximum absolute atomic E-state index is 4.25. The smallest absolute Gasteiger partial charge is 0.0378 e. The fraction of sp³-hybridized carbons (Fsp3) is 0.182. The summed E-state index contributed by atoms with van der Waals surface area (Å²) in [6.45, 7) is 2.02. The van der Waals surface area contributed by atoms with Gasteiger partial charge < -0.3 is 0 Å². The van der Waals surface area contributed by atoms with Gasteiger partial charge in [0.2, 0.25) is 0 Å². The van der Waals surface area contributed by atoms with Crippen molar-refractivity contribution in [3.05, 3.63) is 40.5 Å². The van der Waals surface area contributed by atoms with Crippen LogP contribution in [0.4, 0.5) is 0 Å². The molecule has 0 unspecified atom stereocenters. The topological polar surface area (TPSA) is 12.9 Å². The maximum atomic E-state index is 4.25. The zero-order chi connectivity index (χ0) is 8.39. The van der Waals surface area contributed by atoms with Crippen LogP contribution in [0.25, 0.3) is 12.2 Å². The molecule has 0 aliphatic heterocycles. The van der Waals surface area contributed by atoms with Crippen LogP contribution in [0.15, 0.2) is 24.4 Å². The van der Waals surface area contributed by atoms with Crippen LogP contribution in [0.2, 0.25) is 0 Å². The molecular weight excluding hydrogens is 146 g/mol. The molecule has 1 aliphatic carbocycles. The number of nitrogens with zero attached hydrogens (tertiary/aromatic N) is 1. The van der Waals surface area contributed by atoms with Gasteiger partial charge in [0, 0.05) is 11.9 Å². The number of rotatable bonds is 0. The van der Waals surface area contributed by atoms with E-state index in [4.69, 9.17) is 0 Å². The van der Waals surface area contributed by atoms with Gasteiger partial charge in [-0.15, -0.1) is 0 Å². The molecule has 0 saturated heterocycles. The lowest BCUT2D eigenvalue weighted by Crippen LogP contribution is -2.24. The highest BCUT2D eigenvalue weighted by Crippen LogP contribution is 1.89. The highest BCUT2D eigenvalue weighted by molar-refractivity contribution is 5.43. The monoisotopic (exact) mass is 157 g/mol. The van der Waals surface area contributed by atoms with Crippen LogP contribution in [0.1, 0.15) is 12.1 Å². The standard InChI is InChI=1S/C11H11N/c1-9-7-10-5-3-2-4-6-11(10)8-12-9/h2,4-8H,3H2,1H3. The lowest BCUT2D eigenvalue weighted by atomic mass is 10.2. The summed E-state index contributed by atoms with van der Waals surface area (Å²) in [6, 6.07) is 2.12. The molecule has 0 aromatic carbocycles. The Morgan fingerprint density at radius 3 is 3.17 bits per heavy atom. The number of aromatic nitrogens is 1. The summed E-state index contributed by atoms with van der Waals surface area (Å²) in [4.78, 5) is 4.25. The fourth-order valence-corrected chi connectivity index (χ4v) is 1.35. The van der Waals surface area contributed by atoms with Gasteiger partial charge >= 0.3 is 0 Å². The number of allylic oxidation sites excluding steroid dienone is 2. The van der Waals surface area contributed by atoms with Crippen LogP contribution in [0.5, 0.6) is 0 Å². The molecule has 60 valence electrons. The minimum absolute atomic E-state index is 1.02. The average Bonchev–Trinajstić information content (AvgIpc) is 2.28. The molecule has 2 rings (SSSR count). The molecule has 0 N–H and O–H groups in total. The number of hydrogen-bond donors (Lipinski definition) is 0. The Hall–Kier alpha value is -1.37. The van der Waals surface area contributed by atoms with E-state index in [1.807, 2.05) is 13.1 Å². The molecule has 12 heavy (non-hydrogen) atoms. The normalized spacial score (nSPS) is 14.1. The van der Waals surface area contributed by atoms with E-state index in [9.17, 15) is 0 Å². The SMILES string of the molecule is Cc1cc2c(cn1)=CC=CCC=2. The van der Waals surface area contributed by atoms with E-state index in [0.717, 1.165) is 12.1 Å². The lowest BCUT2D eigenvalue weighted by molar-refractivity contribution is 1.17. The predicted molar refractivity (Wildman–Crippen MR) is 50.9 cm³/mol. The first-order chi connectivity index (χ1) is 5.86. The second kappa shape index (κ2) is 2.94. The van der Waals surface area contributed by atoms with Crippen molar-refractivity contribution in [2.75, 3.05) is 0 Å². The lowest BCUT2D eigenvalue weighted by Gasteiger charge is -1.91. The number of fused-ring (bicyclic) bond motifs is 1. The largest absolute Gasteiger partial charge is 0.261 e. The van der Waals surface area contributed by atoms with E-state index in [1.54, 1.807) is 0 Å². The quantitative estimate of drug-likeness (QED) is 0.545. The van der Waals surface area contributed by atoms with E-state index < -0.39 is 0 Å². The van der Waals surface area contributed by atoms with Crippen molar-refractivity contribution in [2.45, 2.75) is 13.3 Å². The van der Waals surface area contributed by atoms with Gasteiger partial charge in [0.15, 0.2) is 0 Å². The van der Waals surface area contributed by atoms with Crippen LogP contribution in [0, 0.1) is 6.92 Å². The molecule has 0 bridgehead atoms. The third kappa shape index (κ3) is 1.30. The average molecular weight is 157 g/mol. The minimum Gasteiger partial charge on any atom is -0.261 e. The van der Waals surface area contributed by atoms with Gasteiger partial charge in [-0.2, -0.15) is 0 Å². The molecule has 0 fully saturated rings. The van der Waals surface area contributed by atoms with Crippen LogP contribution < -0.4 is 10.4 Å². The summed E-state index contributed by atoms with van der Waals surface area (Å²) < 4.78 is 0. The summed E-state index contributed by atoms with van der Waals surface area (Å²) in [5.74, 6) is 0. The van der Waals surface area contributed by atoms with E-state index in [-0.39, 0.29) is 0 Å². The second-order valence-electron chi connectivity index (χ2n) is 2.99. The highest BCUT2D eigenvalue weighted by Gasteiger charge is 1.89. The molecule has 0 amide bonds. The van der Waals surface area contributed by atoms with Gasteiger partial charge in [-0.25, -0.2) is 0 Å². The summed E-state index contributed by atoms with van der Waals surface area (Å²) in [5, 5.41) is 2.52. The first kappa shape index (κ1) is 7.29. The number of aryl methyl sites for hydroxylation is 1. The maximum Gasteiger partial charge on any atom is 0.0378 e. The molecular formula is C11H11N. The van der Waals surface area contributed by atoms with Gasteiger partial charge in [-0.1, -0.05) is 24.3 Å². The molecule has 1 heterocycles. The molecule has 1 aromatic rings. The van der Waals surface area contributed by atoms with Crippen molar-refractivity contribution in [1.29, 1.82) is 0 Å². The van der Waals surface area contributed by atoms with E-state index >= 15 is 0 Å². The molecule has 0 saturated carbocycles. The first-order valence-electron chi connectivity index (χ1n) is 4.16. The van der Waals surface area contributed by atoms with Gasteiger partial charge in [-0.3, -0.25) is 4.98 Å². The molecule has 0 radical (unpaired) electrons. The molecule has 0 spiro atoms. The summed E-state index contributed by atoms with van der Waals surface area (Å²) >= 11 is 0. The van der Waals surface area contributed by atoms with E-state index in [1.165, 1.54) is 10.4 Å². The van der Waals surface area contributed by atoms with E-state index in [0.29, 0.717) is 0 Å². The summed E-state index contributed by atoms with van der Waals surface area (Å²) in [7, 11) is 0. The van der Waals surface area contributed by atoms with Crippen molar-refractivity contribution in [3.63, 3.8) is 0 Å². The summed E-state index contributed by atoms with van der Waals surface area (Å²) in [6.07, 6.45) is 11.5. The molecule has 1 aliphatic rings. The minimum atomic E-state index is 1.02. The molecule has 0 atom stereocenters. The van der Waals surface area contributed by atoms with Gasteiger partial charge in [-0.05, 0) is 29.8 Å². The second-order valence-corrected chi connectivity index (χ2v) is 2.99. The third-order valence-corrected chi connectivity index (χ3v) is 1.99. The van der Waals surface area contributed by atoms with Crippen LogP contribution in [0.3, 0.4) is 0 Å². The van der Waals surface area contributed by atoms with Crippen molar-refractivity contribution in [3.8, 4) is 0 Å². The van der Waals surface area contributed by atoms with Gasteiger partial charge in [0.05, 0.1) is 0 Å². The Balaban J connectivity index is 2.78. The van der Waals surface area contributed by atoms with Gasteiger partial charge in [0.1, 0.15) is 0 Å². The Bertz CT molecular complexity index is 427. The van der Waals surface area contributed by atoms with Crippen LogP contribution in [-0.4, -0.2) is 4.98 Å². The first-order valence-corrected chi connectivity index (χ1v) is 4.16. The third-order valence-electron chi connectivity index (χ3n) is 1.99. The molecule has 1 nitrogen and oxygen atoms in total. The number of pyridine rings is 1. The Morgan fingerprint density at radius 2 is 2.25 bits per heavy atom. The van der Waals surface area contributed by atoms with Crippen molar-refractivity contribution in [2.24, 2.45) is 0 Å². The molecule has 1 aromatic heterocycles. The van der Waals surface area contributed by atoms with Crippen molar-refractivity contribution < 1.29 is 0 Å². The van der Waals surface area contributed by atoms with Crippen molar-refractivity contribution >= 4 is 12.2 Å². The Labute approximate surface area is 71.8 Å². The molecule has 1 heteroatoms. The van der Waals surface area contributed by atoms with Crippen molar-refractivity contribution in [1.82, 2.24) is 4.98 Å². The van der Waals surface area contributed by atoms with Crippen LogP contribution in [-0.2, 0) is 0 Å². The highest BCUT2D eigenvalue weighted by atomic mass is 14.6. The predicted octanol–water partition coefficient (Wildman–Crippen LogP) is 0.911. The van der Waals surface area contributed by atoms with E-state index in [2.05, 4.69) is 35.4 Å². The Morgan fingerprint density at radius 1 is 1.33 bits per heavy atom. The fourth-order valence-electron chi connectivity index (χ4n) is 1.35. The summed E-state index contributed by atoms with van der Waals surface area (Å²) in [5.41, 5.74) is 1.08. The Kier molecular flexibility index (Phi) is 1.78. The number of hydrogen-bond acceptors (Lipinski definition) is 1.